The van der Waals surface area contributed by atoms with E-state index in [1.807, 2.05) is 29.1 Å². The van der Waals surface area contributed by atoms with Gasteiger partial charge in [-0.25, -0.2) is 4.98 Å². The summed E-state index contributed by atoms with van der Waals surface area (Å²) in [7, 11) is 0. The van der Waals surface area contributed by atoms with Crippen molar-refractivity contribution in [3.05, 3.63) is 57.8 Å². The minimum atomic E-state index is -0.000704. The van der Waals surface area contributed by atoms with E-state index in [1.165, 1.54) is 11.1 Å². The number of aliphatic hydroxyl groups excluding tert-OH is 1. The first-order valence-corrected chi connectivity index (χ1v) is 7.23. The Morgan fingerprint density at radius 3 is 2.65 bits per heavy atom. The van der Waals surface area contributed by atoms with Crippen LogP contribution in [-0.2, 0) is 6.61 Å². The van der Waals surface area contributed by atoms with Gasteiger partial charge in [0.05, 0.1) is 23.3 Å². The first-order valence-electron chi connectivity index (χ1n) is 6.44. The summed E-state index contributed by atoms with van der Waals surface area (Å²) < 4.78 is 2.99. The van der Waals surface area contributed by atoms with Gasteiger partial charge in [-0.1, -0.05) is 15.9 Å². The average Bonchev–Trinajstić information content (AvgIpc) is 2.82. The van der Waals surface area contributed by atoms with E-state index in [0.29, 0.717) is 0 Å². The molecule has 0 aliphatic carbocycles. The Morgan fingerprint density at radius 2 is 1.90 bits per heavy atom. The van der Waals surface area contributed by atoms with Gasteiger partial charge in [-0.15, -0.1) is 0 Å². The molecule has 0 radical (unpaired) electrons. The number of halogens is 1. The van der Waals surface area contributed by atoms with Crippen LogP contribution < -0.4 is 0 Å². The number of aromatic nitrogens is 2. The molecule has 4 heteroatoms. The Bertz CT molecular complexity index is 793. The van der Waals surface area contributed by atoms with Crippen LogP contribution in [0.25, 0.3) is 16.7 Å². The van der Waals surface area contributed by atoms with Crippen LogP contribution >= 0.6 is 15.9 Å². The Morgan fingerprint density at radius 1 is 1.15 bits per heavy atom. The SMILES string of the molecule is Cc1cc2ncn(-c3ccc(Br)cc3CO)c2cc1C. The van der Waals surface area contributed by atoms with Crippen LogP contribution in [0, 0.1) is 13.8 Å². The van der Waals surface area contributed by atoms with Crippen molar-refractivity contribution in [2.45, 2.75) is 20.5 Å². The molecule has 1 N–H and O–H groups in total. The number of rotatable bonds is 2. The minimum absolute atomic E-state index is 0.000704. The van der Waals surface area contributed by atoms with Crippen LogP contribution in [0.5, 0.6) is 0 Å². The zero-order chi connectivity index (χ0) is 14.3. The molecule has 0 saturated heterocycles. The number of hydrogen-bond donors (Lipinski definition) is 1. The number of hydrogen-bond acceptors (Lipinski definition) is 2. The lowest BCUT2D eigenvalue weighted by Crippen LogP contribution is -1.99. The molecule has 0 spiro atoms. The van der Waals surface area contributed by atoms with E-state index < -0.39 is 0 Å². The van der Waals surface area contributed by atoms with Gasteiger partial charge >= 0.3 is 0 Å². The van der Waals surface area contributed by atoms with E-state index in [4.69, 9.17) is 0 Å². The topological polar surface area (TPSA) is 38.0 Å². The van der Waals surface area contributed by atoms with Gasteiger partial charge in [-0.3, -0.25) is 4.57 Å². The number of benzene rings is 2. The third-order valence-corrected chi connectivity index (χ3v) is 4.13. The van der Waals surface area contributed by atoms with E-state index in [9.17, 15) is 5.11 Å². The highest BCUT2D eigenvalue weighted by molar-refractivity contribution is 9.10. The van der Waals surface area contributed by atoms with E-state index in [0.717, 1.165) is 26.8 Å². The molecule has 3 rings (SSSR count). The Labute approximate surface area is 126 Å². The third kappa shape index (κ3) is 2.15. The maximum absolute atomic E-state index is 9.56. The van der Waals surface area contributed by atoms with Crippen LogP contribution in [0.3, 0.4) is 0 Å². The highest BCUT2D eigenvalue weighted by atomic mass is 79.9. The Kier molecular flexibility index (Phi) is 3.36. The predicted molar refractivity (Wildman–Crippen MR) is 84.2 cm³/mol. The number of aryl methyl sites for hydroxylation is 2. The van der Waals surface area contributed by atoms with Gasteiger partial charge < -0.3 is 5.11 Å². The summed E-state index contributed by atoms with van der Waals surface area (Å²) in [5, 5.41) is 9.56. The first kappa shape index (κ1) is 13.3. The molecule has 2 aromatic carbocycles. The number of fused-ring (bicyclic) bond motifs is 1. The fourth-order valence-corrected chi connectivity index (χ4v) is 2.78. The van der Waals surface area contributed by atoms with Crippen molar-refractivity contribution >= 4 is 27.0 Å². The van der Waals surface area contributed by atoms with Crippen LogP contribution in [-0.4, -0.2) is 14.7 Å². The van der Waals surface area contributed by atoms with Crippen LogP contribution in [0.2, 0.25) is 0 Å². The lowest BCUT2D eigenvalue weighted by molar-refractivity contribution is 0.281. The van der Waals surface area contributed by atoms with Crippen molar-refractivity contribution in [3.8, 4) is 5.69 Å². The fourth-order valence-electron chi connectivity index (χ4n) is 2.37. The average molecular weight is 331 g/mol. The van der Waals surface area contributed by atoms with Crippen LogP contribution in [0.1, 0.15) is 16.7 Å². The van der Waals surface area contributed by atoms with Gasteiger partial charge in [0.1, 0.15) is 6.33 Å². The van der Waals surface area contributed by atoms with Crippen LogP contribution in [0.4, 0.5) is 0 Å². The Hall–Kier alpha value is -1.65. The predicted octanol–water partition coefficient (Wildman–Crippen LogP) is 3.90. The molecule has 20 heavy (non-hydrogen) atoms. The highest BCUT2D eigenvalue weighted by Gasteiger charge is 2.10. The van der Waals surface area contributed by atoms with Gasteiger partial charge in [0, 0.05) is 10.0 Å². The zero-order valence-electron chi connectivity index (χ0n) is 11.4. The zero-order valence-corrected chi connectivity index (χ0v) is 13.0. The van der Waals surface area contributed by atoms with Crippen molar-refractivity contribution in [2.75, 3.05) is 0 Å². The molecule has 1 heterocycles. The van der Waals surface area contributed by atoms with E-state index in [2.05, 4.69) is 46.9 Å². The summed E-state index contributed by atoms with van der Waals surface area (Å²) in [6.07, 6.45) is 1.81. The number of nitrogens with zero attached hydrogens (tertiary/aromatic N) is 2. The molecule has 102 valence electrons. The molecule has 0 aliphatic heterocycles. The fraction of sp³-hybridized carbons (Fsp3) is 0.188. The number of aliphatic hydroxyl groups is 1. The monoisotopic (exact) mass is 330 g/mol. The van der Waals surface area contributed by atoms with Crippen LogP contribution in [0.15, 0.2) is 41.1 Å². The maximum atomic E-state index is 9.56. The van der Waals surface area contributed by atoms with Gasteiger partial charge in [0.25, 0.3) is 0 Å². The quantitative estimate of drug-likeness (QED) is 0.773. The third-order valence-electron chi connectivity index (χ3n) is 3.63. The Balaban J connectivity index is 2.27. The molecule has 0 bridgehead atoms. The smallest absolute Gasteiger partial charge is 0.100 e. The largest absolute Gasteiger partial charge is 0.392 e. The second kappa shape index (κ2) is 5.04. The van der Waals surface area contributed by atoms with Gasteiger partial charge in [-0.05, 0) is 55.3 Å². The van der Waals surface area contributed by atoms with Crippen molar-refractivity contribution in [2.24, 2.45) is 0 Å². The van der Waals surface area contributed by atoms with Crippen molar-refractivity contribution in [1.82, 2.24) is 9.55 Å². The molecule has 0 fully saturated rings. The molecule has 0 aliphatic rings. The molecule has 1 aromatic heterocycles. The van der Waals surface area contributed by atoms with Gasteiger partial charge in [0.2, 0.25) is 0 Å². The van der Waals surface area contributed by atoms with E-state index >= 15 is 0 Å². The lowest BCUT2D eigenvalue weighted by Gasteiger charge is -2.11. The summed E-state index contributed by atoms with van der Waals surface area (Å²) in [6, 6.07) is 10.1. The molecular formula is C16H15BrN2O. The summed E-state index contributed by atoms with van der Waals surface area (Å²) in [4.78, 5) is 4.46. The lowest BCUT2D eigenvalue weighted by atomic mass is 10.1. The number of imidazole rings is 1. The molecular weight excluding hydrogens is 316 g/mol. The van der Waals surface area contributed by atoms with Gasteiger partial charge in [-0.2, -0.15) is 0 Å². The molecule has 0 amide bonds. The standard InChI is InChI=1S/C16H15BrN2O/c1-10-5-14-16(6-11(10)2)19(9-18-14)15-4-3-13(17)7-12(15)8-20/h3-7,9,20H,8H2,1-2H3. The maximum Gasteiger partial charge on any atom is 0.100 e. The minimum Gasteiger partial charge on any atom is -0.392 e. The summed E-state index contributed by atoms with van der Waals surface area (Å²) >= 11 is 3.44. The summed E-state index contributed by atoms with van der Waals surface area (Å²) in [5.41, 5.74) is 6.34. The molecule has 0 atom stereocenters. The molecule has 3 aromatic rings. The van der Waals surface area contributed by atoms with Crippen molar-refractivity contribution in [3.63, 3.8) is 0 Å². The summed E-state index contributed by atoms with van der Waals surface area (Å²) in [6.45, 7) is 4.19. The molecule has 3 nitrogen and oxygen atoms in total. The molecule has 0 saturated carbocycles. The second-order valence-corrected chi connectivity index (χ2v) is 5.89. The first-order chi connectivity index (χ1) is 9.60. The summed E-state index contributed by atoms with van der Waals surface area (Å²) in [5.74, 6) is 0. The second-order valence-electron chi connectivity index (χ2n) is 4.97. The van der Waals surface area contributed by atoms with Gasteiger partial charge in [0.15, 0.2) is 0 Å². The molecule has 0 unspecified atom stereocenters. The normalized spacial score (nSPS) is 11.2. The van der Waals surface area contributed by atoms with E-state index in [-0.39, 0.29) is 6.61 Å². The van der Waals surface area contributed by atoms with Crippen molar-refractivity contribution < 1.29 is 5.11 Å². The van der Waals surface area contributed by atoms with E-state index in [1.54, 1.807) is 0 Å². The highest BCUT2D eigenvalue weighted by Crippen LogP contribution is 2.25. The van der Waals surface area contributed by atoms with Crippen molar-refractivity contribution in [1.29, 1.82) is 0 Å².